The molecule has 2 rings (SSSR count). The molecule has 0 aliphatic rings. The van der Waals surface area contributed by atoms with Gasteiger partial charge in [-0.3, -0.25) is 4.79 Å². The van der Waals surface area contributed by atoms with Crippen molar-refractivity contribution in [3.63, 3.8) is 0 Å². The van der Waals surface area contributed by atoms with Gasteiger partial charge < -0.3 is 0 Å². The van der Waals surface area contributed by atoms with Crippen molar-refractivity contribution in [3.8, 4) is 0 Å². The van der Waals surface area contributed by atoms with Crippen LogP contribution in [0.3, 0.4) is 0 Å². The molecule has 0 N–H and O–H groups in total. The maximum atomic E-state index is 12.1. The van der Waals surface area contributed by atoms with Gasteiger partial charge >= 0.3 is 0 Å². The van der Waals surface area contributed by atoms with Crippen molar-refractivity contribution in [2.24, 2.45) is 0 Å². The van der Waals surface area contributed by atoms with Gasteiger partial charge in [-0.15, -0.1) is 11.3 Å². The van der Waals surface area contributed by atoms with E-state index in [0.717, 1.165) is 24.3 Å². The Morgan fingerprint density at radius 2 is 2.07 bits per heavy atom. The Bertz CT molecular complexity index is 494. The zero-order valence-corrected chi connectivity index (χ0v) is 12.5. The molecule has 78 valence electrons. The Morgan fingerprint density at radius 3 is 2.53 bits per heavy atom. The average Bonchev–Trinajstić information content (AvgIpc) is 2.74. The highest BCUT2D eigenvalue weighted by Crippen LogP contribution is 2.31. The molecule has 0 atom stereocenters. The smallest absolute Gasteiger partial charge is 0.204 e. The number of hydrogen-bond acceptors (Lipinski definition) is 3. The predicted molar refractivity (Wildman–Crippen MR) is 72.2 cm³/mol. The standard InChI is InChI=1S/C10H6Br2OS2/c1-5-2-8(15-10(5)12)9(13)6-3-14-4-7(6)11/h2-4H,1H3. The van der Waals surface area contributed by atoms with Gasteiger partial charge in [0.25, 0.3) is 0 Å². The summed E-state index contributed by atoms with van der Waals surface area (Å²) in [7, 11) is 0. The number of thiophene rings is 2. The molecule has 0 aliphatic heterocycles. The van der Waals surface area contributed by atoms with Gasteiger partial charge in [0.2, 0.25) is 5.78 Å². The van der Waals surface area contributed by atoms with Crippen LogP contribution in [-0.2, 0) is 0 Å². The monoisotopic (exact) mass is 364 g/mol. The second-order valence-electron chi connectivity index (χ2n) is 3.03. The molecule has 0 saturated heterocycles. The first-order valence-corrected chi connectivity index (χ1v) is 7.46. The fourth-order valence-electron chi connectivity index (χ4n) is 1.15. The minimum atomic E-state index is 0.0851. The van der Waals surface area contributed by atoms with Crippen molar-refractivity contribution in [1.82, 2.24) is 0 Å². The Morgan fingerprint density at radius 1 is 1.33 bits per heavy atom. The van der Waals surface area contributed by atoms with Gasteiger partial charge in [-0.2, -0.15) is 11.3 Å². The van der Waals surface area contributed by atoms with E-state index in [2.05, 4.69) is 31.9 Å². The lowest BCUT2D eigenvalue weighted by atomic mass is 10.2. The maximum Gasteiger partial charge on any atom is 0.204 e. The lowest BCUT2D eigenvalue weighted by Crippen LogP contribution is -1.96. The number of hydrogen-bond donors (Lipinski definition) is 0. The van der Waals surface area contributed by atoms with Gasteiger partial charge in [0.1, 0.15) is 0 Å². The van der Waals surface area contributed by atoms with E-state index in [1.165, 1.54) is 22.7 Å². The highest BCUT2D eigenvalue weighted by atomic mass is 79.9. The van der Waals surface area contributed by atoms with Crippen LogP contribution in [0, 0.1) is 6.92 Å². The number of halogens is 2. The number of ketones is 1. The zero-order valence-electron chi connectivity index (χ0n) is 7.71. The molecule has 0 aromatic carbocycles. The Hall–Kier alpha value is 0.0300. The van der Waals surface area contributed by atoms with Crippen LogP contribution in [0.1, 0.15) is 20.8 Å². The van der Waals surface area contributed by atoms with E-state index in [4.69, 9.17) is 0 Å². The molecule has 0 aliphatic carbocycles. The van der Waals surface area contributed by atoms with E-state index in [1.807, 2.05) is 23.8 Å². The van der Waals surface area contributed by atoms with Crippen LogP contribution in [0.15, 0.2) is 25.1 Å². The summed E-state index contributed by atoms with van der Waals surface area (Å²) in [5.74, 6) is 0.0851. The summed E-state index contributed by atoms with van der Waals surface area (Å²) < 4.78 is 1.90. The summed E-state index contributed by atoms with van der Waals surface area (Å²) in [5, 5.41) is 3.79. The van der Waals surface area contributed by atoms with Crippen molar-refractivity contribution in [1.29, 1.82) is 0 Å². The minimum absolute atomic E-state index is 0.0851. The van der Waals surface area contributed by atoms with E-state index < -0.39 is 0 Å². The third-order valence-corrected chi connectivity index (χ3v) is 5.78. The second kappa shape index (κ2) is 4.49. The maximum absolute atomic E-state index is 12.1. The zero-order chi connectivity index (χ0) is 11.0. The largest absolute Gasteiger partial charge is 0.288 e. The fraction of sp³-hybridized carbons (Fsp3) is 0.100. The van der Waals surface area contributed by atoms with Crippen LogP contribution in [0.4, 0.5) is 0 Å². The molecule has 1 nitrogen and oxygen atoms in total. The molecule has 0 bridgehead atoms. The summed E-state index contributed by atoms with van der Waals surface area (Å²) in [6.07, 6.45) is 0. The topological polar surface area (TPSA) is 17.1 Å². The first-order valence-electron chi connectivity index (χ1n) is 4.12. The van der Waals surface area contributed by atoms with Crippen LogP contribution in [0.25, 0.3) is 0 Å². The molecule has 0 unspecified atom stereocenters. The number of carbonyl (C=O) groups excluding carboxylic acids is 1. The quantitative estimate of drug-likeness (QED) is 0.693. The summed E-state index contributed by atoms with van der Waals surface area (Å²) in [5.41, 5.74) is 1.85. The lowest BCUT2D eigenvalue weighted by Gasteiger charge is -1.93. The van der Waals surface area contributed by atoms with Gasteiger partial charge in [0, 0.05) is 20.8 Å². The van der Waals surface area contributed by atoms with Crippen LogP contribution < -0.4 is 0 Å². The van der Waals surface area contributed by atoms with E-state index in [1.54, 1.807) is 0 Å². The average molecular weight is 366 g/mol. The molecule has 0 radical (unpaired) electrons. The van der Waals surface area contributed by atoms with Crippen LogP contribution in [0.5, 0.6) is 0 Å². The van der Waals surface area contributed by atoms with E-state index >= 15 is 0 Å². The number of rotatable bonds is 2. The Balaban J connectivity index is 2.41. The second-order valence-corrected chi connectivity index (χ2v) is 7.00. The summed E-state index contributed by atoms with van der Waals surface area (Å²) in [4.78, 5) is 12.8. The van der Waals surface area contributed by atoms with Crippen LogP contribution in [0.2, 0.25) is 0 Å². The third-order valence-electron chi connectivity index (χ3n) is 1.94. The SMILES string of the molecule is Cc1cc(C(=O)c2cscc2Br)sc1Br. The van der Waals surface area contributed by atoms with Crippen LogP contribution in [-0.4, -0.2) is 5.78 Å². The van der Waals surface area contributed by atoms with Crippen molar-refractivity contribution < 1.29 is 4.79 Å². The van der Waals surface area contributed by atoms with E-state index in [0.29, 0.717) is 0 Å². The predicted octanol–water partition coefficient (Wildman–Crippen LogP) is 4.87. The summed E-state index contributed by atoms with van der Waals surface area (Å²) in [6.45, 7) is 1.99. The first kappa shape index (κ1) is 11.5. The lowest BCUT2D eigenvalue weighted by molar-refractivity contribution is 0.104. The van der Waals surface area contributed by atoms with Gasteiger partial charge in [-0.05, 0) is 50.4 Å². The third kappa shape index (κ3) is 2.25. The van der Waals surface area contributed by atoms with E-state index in [-0.39, 0.29) is 5.78 Å². The summed E-state index contributed by atoms with van der Waals surface area (Å²) >= 11 is 9.80. The molecule has 2 aromatic rings. The molecule has 0 amide bonds. The van der Waals surface area contributed by atoms with Crippen molar-refractivity contribution >= 4 is 60.3 Å². The molecule has 0 fully saturated rings. The van der Waals surface area contributed by atoms with Gasteiger partial charge in [-0.1, -0.05) is 0 Å². The van der Waals surface area contributed by atoms with E-state index in [9.17, 15) is 4.79 Å². The highest BCUT2D eigenvalue weighted by Gasteiger charge is 2.16. The number of carbonyl (C=O) groups is 1. The highest BCUT2D eigenvalue weighted by molar-refractivity contribution is 9.11. The molecule has 5 heteroatoms. The molecular weight excluding hydrogens is 360 g/mol. The van der Waals surface area contributed by atoms with Crippen molar-refractivity contribution in [2.45, 2.75) is 6.92 Å². The van der Waals surface area contributed by atoms with Gasteiger partial charge in [0.15, 0.2) is 0 Å². The summed E-state index contributed by atoms with van der Waals surface area (Å²) in [6, 6.07) is 1.92. The molecular formula is C10H6Br2OS2. The first-order chi connectivity index (χ1) is 7.09. The Labute approximate surface area is 112 Å². The fourth-order valence-corrected chi connectivity index (χ4v) is 4.09. The number of aryl methyl sites for hydroxylation is 1. The van der Waals surface area contributed by atoms with Crippen LogP contribution >= 0.6 is 54.5 Å². The molecule has 15 heavy (non-hydrogen) atoms. The van der Waals surface area contributed by atoms with Gasteiger partial charge in [-0.25, -0.2) is 0 Å². The molecule has 2 heterocycles. The van der Waals surface area contributed by atoms with Crippen molar-refractivity contribution in [2.75, 3.05) is 0 Å². The van der Waals surface area contributed by atoms with Crippen molar-refractivity contribution in [3.05, 3.63) is 41.1 Å². The Kier molecular flexibility index (Phi) is 3.45. The normalized spacial score (nSPS) is 10.6. The molecule has 2 aromatic heterocycles. The minimum Gasteiger partial charge on any atom is -0.288 e. The molecule has 0 saturated carbocycles. The molecule has 0 spiro atoms. The van der Waals surface area contributed by atoms with Gasteiger partial charge in [0.05, 0.1) is 8.66 Å².